The fourth-order valence-electron chi connectivity index (χ4n) is 3.03. The van der Waals surface area contributed by atoms with Crippen molar-refractivity contribution in [3.63, 3.8) is 0 Å². The van der Waals surface area contributed by atoms with E-state index >= 15 is 0 Å². The van der Waals surface area contributed by atoms with Crippen LogP contribution in [0, 0.1) is 0 Å². The summed E-state index contributed by atoms with van der Waals surface area (Å²) in [5, 5.41) is 2.97. The molecule has 6 nitrogen and oxygen atoms in total. The minimum atomic E-state index is -0.264. The first-order valence-corrected chi connectivity index (χ1v) is 9.67. The van der Waals surface area contributed by atoms with Gasteiger partial charge in [0, 0.05) is 31.7 Å². The normalized spacial score (nSPS) is 11.2. The van der Waals surface area contributed by atoms with Gasteiger partial charge in [0.15, 0.2) is 0 Å². The van der Waals surface area contributed by atoms with Crippen molar-refractivity contribution in [1.82, 2.24) is 15.0 Å². The van der Waals surface area contributed by atoms with Crippen molar-refractivity contribution in [2.24, 2.45) is 0 Å². The number of hydrogen-bond donors (Lipinski definition) is 1. The van der Waals surface area contributed by atoms with E-state index in [9.17, 15) is 4.79 Å². The minimum Gasteiger partial charge on any atom is -0.358 e. The van der Waals surface area contributed by atoms with Crippen LogP contribution in [0.4, 0.5) is 11.5 Å². The van der Waals surface area contributed by atoms with Crippen LogP contribution in [-0.2, 0) is 11.8 Å². The van der Waals surface area contributed by atoms with Gasteiger partial charge in [0.25, 0.3) is 5.91 Å². The lowest BCUT2D eigenvalue weighted by atomic mass is 9.86. The number of carbonyl (C=O) groups excluding carboxylic acids is 1. The molecule has 0 saturated carbocycles. The molecular formula is C23H27N5O. The second-order valence-corrected chi connectivity index (χ2v) is 8.04. The second-order valence-electron chi connectivity index (χ2n) is 8.04. The molecule has 3 aromatic rings. The molecule has 0 saturated heterocycles. The molecule has 29 heavy (non-hydrogen) atoms. The summed E-state index contributed by atoms with van der Waals surface area (Å²) in [6.07, 6.45) is 7.62. The van der Waals surface area contributed by atoms with Crippen LogP contribution >= 0.6 is 0 Å². The Kier molecular flexibility index (Phi) is 6.22. The van der Waals surface area contributed by atoms with Gasteiger partial charge in [0.2, 0.25) is 0 Å². The Morgan fingerprint density at radius 3 is 2.41 bits per heavy atom. The van der Waals surface area contributed by atoms with Gasteiger partial charge in [-0.3, -0.25) is 9.78 Å². The summed E-state index contributed by atoms with van der Waals surface area (Å²) in [6, 6.07) is 11.8. The van der Waals surface area contributed by atoms with Crippen molar-refractivity contribution in [3.05, 3.63) is 78.0 Å². The number of aromatic nitrogens is 3. The van der Waals surface area contributed by atoms with Gasteiger partial charge in [-0.05, 0) is 41.2 Å². The van der Waals surface area contributed by atoms with Crippen LogP contribution in [-0.4, -0.2) is 34.5 Å². The second kappa shape index (κ2) is 8.82. The van der Waals surface area contributed by atoms with Crippen LogP contribution in [0.3, 0.4) is 0 Å². The zero-order valence-corrected chi connectivity index (χ0v) is 17.4. The molecule has 150 valence electrons. The highest BCUT2D eigenvalue weighted by Gasteiger charge is 2.19. The van der Waals surface area contributed by atoms with Crippen LogP contribution in [0.1, 0.15) is 42.4 Å². The lowest BCUT2D eigenvalue weighted by Crippen LogP contribution is -2.23. The summed E-state index contributed by atoms with van der Waals surface area (Å²) >= 11 is 0. The minimum absolute atomic E-state index is 0.0725. The molecule has 0 aliphatic heterocycles. The fraction of sp³-hybridized carbons (Fsp3) is 0.304. The van der Waals surface area contributed by atoms with Crippen LogP contribution in [0.15, 0.2) is 61.2 Å². The van der Waals surface area contributed by atoms with E-state index in [2.05, 4.69) is 41.0 Å². The third-order valence-electron chi connectivity index (χ3n) is 4.73. The lowest BCUT2D eigenvalue weighted by Gasteiger charge is -2.23. The van der Waals surface area contributed by atoms with Gasteiger partial charge < -0.3 is 10.2 Å². The van der Waals surface area contributed by atoms with Crippen LogP contribution < -0.4 is 10.2 Å². The molecule has 0 aliphatic carbocycles. The van der Waals surface area contributed by atoms with Gasteiger partial charge in [-0.1, -0.05) is 39.0 Å². The SMILES string of the molecule is CN(CCc1ccncc1)c1cnc(C(=O)Nc2ccccc2C(C)(C)C)cn1. The average molecular weight is 390 g/mol. The molecular weight excluding hydrogens is 362 g/mol. The number of benzene rings is 1. The average Bonchev–Trinajstić information content (AvgIpc) is 2.72. The number of anilines is 2. The smallest absolute Gasteiger partial charge is 0.275 e. The van der Waals surface area contributed by atoms with Crippen molar-refractivity contribution in [3.8, 4) is 0 Å². The van der Waals surface area contributed by atoms with E-state index in [0.29, 0.717) is 5.69 Å². The molecule has 0 atom stereocenters. The molecule has 2 heterocycles. The molecule has 0 fully saturated rings. The largest absolute Gasteiger partial charge is 0.358 e. The molecule has 6 heteroatoms. The van der Waals surface area contributed by atoms with E-state index in [1.54, 1.807) is 18.6 Å². The predicted octanol–water partition coefficient (Wildman–Crippen LogP) is 4.10. The maximum Gasteiger partial charge on any atom is 0.275 e. The third-order valence-corrected chi connectivity index (χ3v) is 4.73. The fourth-order valence-corrected chi connectivity index (χ4v) is 3.03. The summed E-state index contributed by atoms with van der Waals surface area (Å²) < 4.78 is 0. The maximum atomic E-state index is 12.7. The van der Waals surface area contributed by atoms with Gasteiger partial charge >= 0.3 is 0 Å². The molecule has 0 aliphatic rings. The van der Waals surface area contributed by atoms with Gasteiger partial charge in [-0.2, -0.15) is 0 Å². The van der Waals surface area contributed by atoms with Crippen molar-refractivity contribution < 1.29 is 4.79 Å². The lowest BCUT2D eigenvalue weighted by molar-refractivity contribution is 0.102. The molecule has 1 N–H and O–H groups in total. The van der Waals surface area contributed by atoms with Crippen molar-refractivity contribution in [2.45, 2.75) is 32.6 Å². The third kappa shape index (κ3) is 5.38. The van der Waals surface area contributed by atoms with Crippen LogP contribution in [0.25, 0.3) is 0 Å². The Bertz CT molecular complexity index is 949. The predicted molar refractivity (Wildman–Crippen MR) is 116 cm³/mol. The Labute approximate surface area is 172 Å². The van der Waals surface area contributed by atoms with Crippen molar-refractivity contribution >= 4 is 17.4 Å². The summed E-state index contributed by atoms with van der Waals surface area (Å²) in [4.78, 5) is 27.4. The Morgan fingerprint density at radius 1 is 1.03 bits per heavy atom. The zero-order chi connectivity index (χ0) is 20.9. The summed E-state index contributed by atoms with van der Waals surface area (Å²) in [6.45, 7) is 7.15. The Morgan fingerprint density at radius 2 is 1.76 bits per heavy atom. The van der Waals surface area contributed by atoms with E-state index in [1.807, 2.05) is 48.3 Å². The monoisotopic (exact) mass is 389 g/mol. The number of hydrogen-bond acceptors (Lipinski definition) is 5. The number of amides is 1. The molecule has 0 radical (unpaired) electrons. The molecule has 0 unspecified atom stereocenters. The van der Waals surface area contributed by atoms with E-state index in [4.69, 9.17) is 0 Å². The highest BCUT2D eigenvalue weighted by atomic mass is 16.1. The van der Waals surface area contributed by atoms with Gasteiger partial charge in [-0.15, -0.1) is 0 Å². The van der Waals surface area contributed by atoms with E-state index in [0.717, 1.165) is 30.0 Å². The van der Waals surface area contributed by atoms with E-state index in [1.165, 1.54) is 11.8 Å². The molecule has 2 aromatic heterocycles. The molecule has 0 bridgehead atoms. The van der Waals surface area contributed by atoms with Crippen LogP contribution in [0.2, 0.25) is 0 Å². The number of nitrogens with one attached hydrogen (secondary N) is 1. The van der Waals surface area contributed by atoms with E-state index < -0.39 is 0 Å². The number of carbonyl (C=O) groups is 1. The summed E-state index contributed by atoms with van der Waals surface area (Å²) in [5.41, 5.74) is 3.31. The summed E-state index contributed by atoms with van der Waals surface area (Å²) in [5.74, 6) is 0.464. The molecule has 3 rings (SSSR count). The zero-order valence-electron chi connectivity index (χ0n) is 17.4. The number of likely N-dealkylation sites (N-methyl/N-ethyl adjacent to an activating group) is 1. The highest BCUT2D eigenvalue weighted by Crippen LogP contribution is 2.29. The molecule has 1 amide bonds. The molecule has 1 aromatic carbocycles. The van der Waals surface area contributed by atoms with Gasteiger partial charge in [-0.25, -0.2) is 9.97 Å². The maximum absolute atomic E-state index is 12.7. The highest BCUT2D eigenvalue weighted by molar-refractivity contribution is 6.03. The standard InChI is InChI=1S/C23H27N5O/c1-23(2,3)18-7-5-6-8-19(18)27-22(29)20-15-26-21(16-25-20)28(4)14-11-17-9-12-24-13-10-17/h5-10,12-13,15-16H,11,14H2,1-4H3,(H,27,29). The number of pyridine rings is 1. The quantitative estimate of drug-likeness (QED) is 0.687. The number of rotatable bonds is 6. The first kappa shape index (κ1) is 20.5. The summed E-state index contributed by atoms with van der Waals surface area (Å²) in [7, 11) is 1.96. The van der Waals surface area contributed by atoms with Gasteiger partial charge in [0.05, 0.1) is 12.4 Å². The van der Waals surface area contributed by atoms with Crippen molar-refractivity contribution in [1.29, 1.82) is 0 Å². The molecule has 0 spiro atoms. The first-order valence-electron chi connectivity index (χ1n) is 9.67. The Balaban J connectivity index is 1.65. The Hall–Kier alpha value is -3.28. The first-order chi connectivity index (χ1) is 13.8. The van der Waals surface area contributed by atoms with E-state index in [-0.39, 0.29) is 11.3 Å². The van der Waals surface area contributed by atoms with Crippen LogP contribution in [0.5, 0.6) is 0 Å². The van der Waals surface area contributed by atoms with Gasteiger partial charge in [0.1, 0.15) is 11.5 Å². The number of nitrogens with zero attached hydrogens (tertiary/aromatic N) is 4. The number of para-hydroxylation sites is 1. The van der Waals surface area contributed by atoms with Crippen molar-refractivity contribution in [2.75, 3.05) is 23.8 Å². The topological polar surface area (TPSA) is 71.0 Å².